The highest BCUT2D eigenvalue weighted by atomic mass is 19.3. The van der Waals surface area contributed by atoms with Crippen molar-refractivity contribution in [2.75, 3.05) is 56.7 Å². The van der Waals surface area contributed by atoms with Gasteiger partial charge in [-0.1, -0.05) is 17.9 Å². The molecule has 18 heteroatoms. The predicted octanol–water partition coefficient (Wildman–Crippen LogP) is 4.08. The Labute approximate surface area is 338 Å². The fourth-order valence-electron chi connectivity index (χ4n) is 8.52. The lowest BCUT2D eigenvalue weighted by Crippen LogP contribution is -2.44. The van der Waals surface area contributed by atoms with Crippen molar-refractivity contribution in [1.29, 1.82) is 0 Å². The van der Waals surface area contributed by atoms with E-state index in [4.69, 9.17) is 4.74 Å². The zero-order valence-corrected chi connectivity index (χ0v) is 33.1. The van der Waals surface area contributed by atoms with E-state index in [9.17, 15) is 28.0 Å². The number of halogens is 2. The molecule has 59 heavy (non-hydrogen) atoms. The molecule has 16 nitrogen and oxygen atoms in total. The minimum absolute atomic E-state index is 0.0232. The molecular weight excluding hydrogens is 765 g/mol. The highest BCUT2D eigenvalue weighted by Crippen LogP contribution is 2.35. The van der Waals surface area contributed by atoms with Crippen LogP contribution in [0.15, 0.2) is 47.7 Å². The fourth-order valence-corrected chi connectivity index (χ4v) is 8.52. The summed E-state index contributed by atoms with van der Waals surface area (Å²) >= 11 is 0. The number of alkyl halides is 2. The monoisotopic (exact) mass is 811 g/mol. The van der Waals surface area contributed by atoms with Crippen LogP contribution < -0.4 is 21.2 Å². The van der Waals surface area contributed by atoms with E-state index in [1.807, 2.05) is 18.2 Å². The summed E-state index contributed by atoms with van der Waals surface area (Å²) in [6.07, 6.45) is 7.11. The van der Waals surface area contributed by atoms with Crippen molar-refractivity contribution >= 4 is 45.9 Å². The van der Waals surface area contributed by atoms with E-state index >= 15 is 0 Å². The number of morpholine rings is 1. The van der Waals surface area contributed by atoms with Gasteiger partial charge in [0.05, 0.1) is 47.7 Å². The first-order valence-corrected chi connectivity index (χ1v) is 20.1. The van der Waals surface area contributed by atoms with Gasteiger partial charge >= 0.3 is 5.69 Å². The van der Waals surface area contributed by atoms with Crippen LogP contribution >= 0.6 is 0 Å². The number of benzene rings is 1. The number of nitrogens with zero attached hydrogens (tertiary/aromatic N) is 9. The Hall–Kier alpha value is -5.93. The molecule has 3 fully saturated rings. The molecule has 8 rings (SSSR count). The fraction of sp³-hybridized carbons (Fsp3) is 0.488. The first-order chi connectivity index (χ1) is 28.5. The third-order valence-corrected chi connectivity index (χ3v) is 11.6. The van der Waals surface area contributed by atoms with Gasteiger partial charge in [0, 0.05) is 51.9 Å². The number of ether oxygens (including phenoxy) is 1. The number of imide groups is 1. The molecule has 1 aromatic carbocycles. The summed E-state index contributed by atoms with van der Waals surface area (Å²) in [7, 11) is 3.76. The maximum absolute atomic E-state index is 14.2. The number of carbonyl (C=O) groups is 3. The number of anilines is 2. The van der Waals surface area contributed by atoms with E-state index < -0.39 is 30.0 Å². The molecule has 1 unspecified atom stereocenters. The van der Waals surface area contributed by atoms with Gasteiger partial charge in [0.15, 0.2) is 11.3 Å². The number of rotatable bonds is 11. The normalized spacial score (nSPS) is 20.0. The SMILES string of the molecule is CN(CCCC#Cc1cccc2c1n(C)c(=O)n2C1CCC(=O)NC1=O)C[C@H]1CC[C@H](n2cc(NC(=O)c3cnn4ccc(N5CCOCC5)nc34)c(C(F)F)n2)CC1. The zero-order chi connectivity index (χ0) is 41.2. The lowest BCUT2D eigenvalue weighted by molar-refractivity contribution is -0.135. The molecule has 2 saturated heterocycles. The number of hydrogen-bond acceptors (Lipinski definition) is 10. The average Bonchev–Trinajstić information content (AvgIpc) is 3.93. The van der Waals surface area contributed by atoms with E-state index in [1.165, 1.54) is 26.0 Å². The van der Waals surface area contributed by atoms with Crippen LogP contribution in [0, 0.1) is 17.8 Å². The van der Waals surface area contributed by atoms with Gasteiger partial charge in [-0.05, 0) is 76.2 Å². The van der Waals surface area contributed by atoms with Crippen molar-refractivity contribution in [2.24, 2.45) is 13.0 Å². The lowest BCUT2D eigenvalue weighted by atomic mass is 9.86. The lowest BCUT2D eigenvalue weighted by Gasteiger charge is -2.31. The van der Waals surface area contributed by atoms with Gasteiger partial charge in [-0.15, -0.1) is 0 Å². The van der Waals surface area contributed by atoms with Crippen molar-refractivity contribution < 1.29 is 27.9 Å². The number of para-hydroxylation sites is 1. The maximum Gasteiger partial charge on any atom is 0.329 e. The second-order valence-corrected chi connectivity index (χ2v) is 15.6. The van der Waals surface area contributed by atoms with Crippen molar-refractivity contribution in [1.82, 2.24) is 43.7 Å². The molecule has 4 aromatic heterocycles. The molecule has 1 saturated carbocycles. The molecule has 5 aromatic rings. The van der Waals surface area contributed by atoms with Crippen LogP contribution in [0.1, 0.15) is 91.5 Å². The minimum atomic E-state index is -2.87. The van der Waals surface area contributed by atoms with E-state index in [0.29, 0.717) is 66.7 Å². The number of unbranched alkanes of at least 4 members (excludes halogenated alkanes) is 1. The summed E-state index contributed by atoms with van der Waals surface area (Å²) in [6, 6.07) is 6.49. The summed E-state index contributed by atoms with van der Waals surface area (Å²) in [6.45, 7) is 4.25. The first kappa shape index (κ1) is 39.9. The molecule has 310 valence electrons. The van der Waals surface area contributed by atoms with Crippen LogP contribution in [0.5, 0.6) is 0 Å². The van der Waals surface area contributed by atoms with Gasteiger partial charge in [0.25, 0.3) is 12.3 Å². The van der Waals surface area contributed by atoms with Crippen LogP contribution in [0.4, 0.5) is 20.3 Å². The number of hydrogen-bond donors (Lipinski definition) is 2. The molecule has 0 spiro atoms. The second-order valence-electron chi connectivity index (χ2n) is 15.6. The van der Waals surface area contributed by atoms with Gasteiger partial charge < -0.3 is 19.9 Å². The van der Waals surface area contributed by atoms with Crippen LogP contribution in [0.25, 0.3) is 16.7 Å². The van der Waals surface area contributed by atoms with Crippen molar-refractivity contribution in [3.8, 4) is 11.8 Å². The molecule has 2 N–H and O–H groups in total. The Morgan fingerprint density at radius 1 is 1.10 bits per heavy atom. The third kappa shape index (κ3) is 8.35. The van der Waals surface area contributed by atoms with Gasteiger partial charge in [-0.3, -0.25) is 33.5 Å². The largest absolute Gasteiger partial charge is 0.378 e. The quantitative estimate of drug-likeness (QED) is 0.113. The Morgan fingerprint density at radius 3 is 2.66 bits per heavy atom. The van der Waals surface area contributed by atoms with Crippen LogP contribution in [-0.2, 0) is 21.4 Å². The van der Waals surface area contributed by atoms with Crippen molar-refractivity contribution in [2.45, 2.75) is 69.9 Å². The average molecular weight is 812 g/mol. The Bertz CT molecular complexity index is 2500. The first-order valence-electron chi connectivity index (χ1n) is 20.1. The van der Waals surface area contributed by atoms with E-state index in [1.54, 1.807) is 24.0 Å². The number of amides is 3. The van der Waals surface area contributed by atoms with Gasteiger partial charge in [-0.25, -0.2) is 23.1 Å². The molecule has 6 heterocycles. The summed E-state index contributed by atoms with van der Waals surface area (Å²) in [4.78, 5) is 59.9. The molecule has 3 aliphatic rings. The van der Waals surface area contributed by atoms with Gasteiger partial charge in [0.2, 0.25) is 11.8 Å². The predicted molar refractivity (Wildman–Crippen MR) is 214 cm³/mol. The number of aromatic nitrogens is 7. The van der Waals surface area contributed by atoms with Crippen LogP contribution in [0.3, 0.4) is 0 Å². The summed E-state index contributed by atoms with van der Waals surface area (Å²) in [5.41, 5.74) is 1.66. The van der Waals surface area contributed by atoms with Crippen LogP contribution in [0.2, 0.25) is 0 Å². The van der Waals surface area contributed by atoms with Crippen molar-refractivity contribution in [3.05, 3.63) is 70.2 Å². The van der Waals surface area contributed by atoms with E-state index in [2.05, 4.69) is 54.5 Å². The summed E-state index contributed by atoms with van der Waals surface area (Å²) < 4.78 is 39.9. The van der Waals surface area contributed by atoms with E-state index in [-0.39, 0.29) is 41.7 Å². The second kappa shape index (κ2) is 17.1. The number of piperidine rings is 1. The maximum atomic E-state index is 14.2. The van der Waals surface area contributed by atoms with E-state index in [0.717, 1.165) is 45.2 Å². The molecule has 2 aliphatic heterocycles. The van der Waals surface area contributed by atoms with Gasteiger partial charge in [0.1, 0.15) is 17.4 Å². The third-order valence-electron chi connectivity index (χ3n) is 11.6. The Balaban J connectivity index is 0.832. The number of imidazole rings is 1. The number of carbonyl (C=O) groups excluding carboxylic acids is 3. The van der Waals surface area contributed by atoms with Crippen molar-refractivity contribution in [3.63, 3.8) is 0 Å². The number of fused-ring (bicyclic) bond motifs is 2. The summed E-state index contributed by atoms with van der Waals surface area (Å²) in [5, 5.41) is 13.5. The number of nitrogens with one attached hydrogen (secondary N) is 2. The molecule has 1 atom stereocenters. The smallest absolute Gasteiger partial charge is 0.329 e. The Morgan fingerprint density at radius 2 is 1.90 bits per heavy atom. The molecule has 0 radical (unpaired) electrons. The molecule has 1 aliphatic carbocycles. The Kier molecular flexibility index (Phi) is 11.6. The summed E-state index contributed by atoms with van der Waals surface area (Å²) in [5.74, 6) is 6.23. The van der Waals surface area contributed by atoms with Gasteiger partial charge in [-0.2, -0.15) is 10.2 Å². The molecule has 0 bridgehead atoms. The topological polar surface area (TPSA) is 166 Å². The zero-order valence-electron chi connectivity index (χ0n) is 33.1. The highest BCUT2D eigenvalue weighted by molar-refractivity contribution is 6.08. The van der Waals surface area contributed by atoms with Crippen LogP contribution in [-0.4, -0.2) is 103 Å². The molecular formula is C41H47F2N11O5. The molecule has 3 amide bonds. The standard InChI is InChI=1S/C41H47F2N11O5/c1-49(17-5-3-4-7-27-8-6-9-31-36(27)50(2)41(58)54(31)32-14-15-34(55)47-40(32)57)24-26-10-12-28(13-11-26)53-25-30(35(48-53)37(42)43)45-39(56)29-23-44-52-18-16-33(46-38(29)52)51-19-21-59-22-20-51/h6,8-9,16,18,23,25-26,28,32,37H,3,5,10-15,17,19-22,24H2,1-2H3,(H,45,56)(H,47,55,57)/t26-,28-,32?. The highest BCUT2D eigenvalue weighted by Gasteiger charge is 2.32. The number of aryl methyl sites for hydroxylation is 1. The minimum Gasteiger partial charge on any atom is -0.378 e.